The predicted octanol–water partition coefficient (Wildman–Crippen LogP) is 11.6. The highest BCUT2D eigenvalue weighted by Crippen LogP contribution is 2.67. The van der Waals surface area contributed by atoms with Gasteiger partial charge < -0.3 is 0 Å². The lowest BCUT2D eigenvalue weighted by Crippen LogP contribution is -2.25. The molecule has 0 saturated carbocycles. The molecule has 7 aromatic carbocycles. The highest BCUT2D eigenvalue weighted by atomic mass is 32.1. The number of hydrogen-bond donors (Lipinski definition) is 0. The van der Waals surface area contributed by atoms with Crippen LogP contribution < -0.4 is 0 Å². The highest BCUT2D eigenvalue weighted by Gasteiger charge is 2.54. The molecule has 0 amide bonds. The molecular weight excluding hydrogens is 627 g/mol. The van der Waals surface area contributed by atoms with E-state index in [4.69, 9.17) is 15.0 Å². The molecule has 0 radical (unpaired) electrons. The second-order valence-corrected chi connectivity index (χ2v) is 14.2. The van der Waals surface area contributed by atoms with Crippen LogP contribution in [0.5, 0.6) is 0 Å². The molecule has 3 nitrogen and oxygen atoms in total. The van der Waals surface area contributed by atoms with Crippen LogP contribution in [0.15, 0.2) is 164 Å². The van der Waals surface area contributed by atoms with Gasteiger partial charge in [0.15, 0.2) is 17.5 Å². The van der Waals surface area contributed by atoms with Crippen LogP contribution in [0.1, 0.15) is 22.3 Å². The van der Waals surface area contributed by atoms with E-state index in [1.165, 1.54) is 59.3 Å². The van der Waals surface area contributed by atoms with E-state index >= 15 is 0 Å². The van der Waals surface area contributed by atoms with Crippen molar-refractivity contribution in [3.8, 4) is 55.7 Å². The average molecular weight is 654 g/mol. The third-order valence-electron chi connectivity index (χ3n) is 10.5. The lowest BCUT2D eigenvalue weighted by molar-refractivity contribution is 0.802. The fourth-order valence-electron chi connectivity index (χ4n) is 8.49. The summed E-state index contributed by atoms with van der Waals surface area (Å²) in [7, 11) is 0. The largest absolute Gasteiger partial charge is 0.208 e. The van der Waals surface area contributed by atoms with Crippen molar-refractivity contribution < 1.29 is 0 Å². The molecule has 9 aromatic rings. The van der Waals surface area contributed by atoms with Crippen LogP contribution in [0, 0.1) is 0 Å². The first-order valence-electron chi connectivity index (χ1n) is 17.0. The first-order valence-corrected chi connectivity index (χ1v) is 17.8. The molecule has 0 fully saturated rings. The summed E-state index contributed by atoms with van der Waals surface area (Å²) in [4.78, 5) is 16.9. The second-order valence-electron chi connectivity index (χ2n) is 13.1. The number of thiophene rings is 1. The van der Waals surface area contributed by atoms with Crippen molar-refractivity contribution in [1.82, 2.24) is 15.0 Å². The Morgan fingerprint density at radius 3 is 1.82 bits per heavy atom. The molecule has 2 heterocycles. The highest BCUT2D eigenvalue weighted by molar-refractivity contribution is 7.22. The summed E-state index contributed by atoms with van der Waals surface area (Å²) in [6.07, 6.45) is 0. The van der Waals surface area contributed by atoms with Gasteiger partial charge in [-0.15, -0.1) is 11.3 Å². The number of fused-ring (bicyclic) bond motifs is 13. The van der Waals surface area contributed by atoms with Crippen molar-refractivity contribution in [2.45, 2.75) is 5.41 Å². The van der Waals surface area contributed by atoms with Crippen LogP contribution in [0.4, 0.5) is 0 Å². The number of aromatic nitrogens is 3. The molecule has 0 unspecified atom stereocenters. The van der Waals surface area contributed by atoms with Gasteiger partial charge in [0.05, 0.1) is 5.41 Å². The molecule has 0 N–H and O–H groups in total. The van der Waals surface area contributed by atoms with Crippen molar-refractivity contribution in [3.05, 3.63) is 186 Å². The van der Waals surface area contributed by atoms with E-state index in [2.05, 4.69) is 146 Å². The quantitative estimate of drug-likeness (QED) is 0.190. The van der Waals surface area contributed by atoms with Gasteiger partial charge in [0.25, 0.3) is 0 Å². The standard InChI is InChI=1S/C46H27N3S/c1-2-14-29(15-3-1)43-47-44(31-26-25-28-13-4-5-16-30(28)27-31)49-45(48-43)35-20-12-23-38-40(35)42-41(34-19-8-11-24-39(34)50-42)46(38)36-21-9-6-17-32(36)33-18-7-10-22-37(33)46/h1-27H. The third-order valence-corrected chi connectivity index (χ3v) is 11.7. The molecule has 11 rings (SSSR count). The Hall–Kier alpha value is -6.23. The van der Waals surface area contributed by atoms with Gasteiger partial charge in [-0.25, -0.2) is 15.0 Å². The van der Waals surface area contributed by atoms with Gasteiger partial charge in [0.2, 0.25) is 0 Å². The molecular formula is C46H27N3S. The van der Waals surface area contributed by atoms with Crippen LogP contribution in [-0.2, 0) is 5.41 Å². The summed E-state index contributed by atoms with van der Waals surface area (Å²) in [6.45, 7) is 0. The van der Waals surface area contributed by atoms with E-state index in [-0.39, 0.29) is 0 Å². The normalized spacial score (nSPS) is 13.4. The maximum atomic E-state index is 5.30. The molecule has 0 saturated heterocycles. The summed E-state index contributed by atoms with van der Waals surface area (Å²) < 4.78 is 1.29. The molecule has 0 atom stereocenters. The molecule has 232 valence electrons. The molecule has 50 heavy (non-hydrogen) atoms. The summed E-state index contributed by atoms with van der Waals surface area (Å²) >= 11 is 1.88. The van der Waals surface area contributed by atoms with Gasteiger partial charge in [-0.2, -0.15) is 0 Å². The SMILES string of the molecule is c1ccc(-c2nc(-c3ccc4ccccc4c3)nc(-c3cccc4c3-c3sc5ccccc5c3C43c4ccccc4-c4ccccc43)n2)cc1. The van der Waals surface area contributed by atoms with Crippen molar-refractivity contribution >= 4 is 32.2 Å². The van der Waals surface area contributed by atoms with Crippen molar-refractivity contribution in [1.29, 1.82) is 0 Å². The number of nitrogens with zero attached hydrogens (tertiary/aromatic N) is 3. The zero-order chi connectivity index (χ0) is 32.8. The van der Waals surface area contributed by atoms with Crippen molar-refractivity contribution in [2.75, 3.05) is 0 Å². The minimum atomic E-state index is -0.454. The van der Waals surface area contributed by atoms with Gasteiger partial charge in [-0.1, -0.05) is 152 Å². The Balaban J connectivity index is 1.24. The molecule has 0 bridgehead atoms. The van der Waals surface area contributed by atoms with Gasteiger partial charge in [-0.3, -0.25) is 0 Å². The van der Waals surface area contributed by atoms with Crippen LogP contribution in [-0.4, -0.2) is 15.0 Å². The van der Waals surface area contributed by atoms with E-state index in [0.29, 0.717) is 17.5 Å². The lowest BCUT2D eigenvalue weighted by atomic mass is 9.70. The van der Waals surface area contributed by atoms with Crippen molar-refractivity contribution in [2.24, 2.45) is 0 Å². The van der Waals surface area contributed by atoms with E-state index in [1.54, 1.807) is 0 Å². The first kappa shape index (κ1) is 27.7. The zero-order valence-electron chi connectivity index (χ0n) is 26.8. The fourth-order valence-corrected chi connectivity index (χ4v) is 9.82. The van der Waals surface area contributed by atoms with Gasteiger partial charge >= 0.3 is 0 Å². The van der Waals surface area contributed by atoms with Crippen LogP contribution in [0.25, 0.3) is 76.6 Å². The van der Waals surface area contributed by atoms with Gasteiger partial charge in [0, 0.05) is 31.8 Å². The smallest absolute Gasteiger partial charge is 0.164 e. The summed E-state index contributed by atoms with van der Waals surface area (Å²) in [5, 5.41) is 3.65. The van der Waals surface area contributed by atoms with E-state index in [1.807, 2.05) is 29.5 Å². The average Bonchev–Trinajstić information content (AvgIpc) is 3.81. The van der Waals surface area contributed by atoms with E-state index in [0.717, 1.165) is 22.1 Å². The summed E-state index contributed by atoms with van der Waals surface area (Å²) in [6, 6.07) is 58.7. The number of benzene rings is 7. The minimum absolute atomic E-state index is 0.454. The first-order chi connectivity index (χ1) is 24.8. The summed E-state index contributed by atoms with van der Waals surface area (Å²) in [5.41, 5.74) is 11.6. The van der Waals surface area contributed by atoms with Gasteiger partial charge in [-0.05, 0) is 61.7 Å². The monoisotopic (exact) mass is 653 g/mol. The Labute approximate surface area is 293 Å². The van der Waals surface area contributed by atoms with Crippen LogP contribution >= 0.6 is 11.3 Å². The Morgan fingerprint density at radius 2 is 1.02 bits per heavy atom. The molecule has 2 aromatic heterocycles. The zero-order valence-corrected chi connectivity index (χ0v) is 27.7. The molecule has 1 spiro atoms. The fraction of sp³-hybridized carbons (Fsp3) is 0.0217. The maximum absolute atomic E-state index is 5.30. The van der Waals surface area contributed by atoms with E-state index in [9.17, 15) is 0 Å². The lowest BCUT2D eigenvalue weighted by Gasteiger charge is -2.30. The molecule has 2 aliphatic rings. The maximum Gasteiger partial charge on any atom is 0.164 e. The number of hydrogen-bond acceptors (Lipinski definition) is 4. The van der Waals surface area contributed by atoms with E-state index < -0.39 is 5.41 Å². The second kappa shape index (κ2) is 10.4. The Kier molecular flexibility index (Phi) is 5.75. The minimum Gasteiger partial charge on any atom is -0.208 e. The van der Waals surface area contributed by atoms with Crippen LogP contribution in [0.2, 0.25) is 0 Å². The van der Waals surface area contributed by atoms with Crippen LogP contribution in [0.3, 0.4) is 0 Å². The molecule has 2 aliphatic carbocycles. The topological polar surface area (TPSA) is 38.7 Å². The molecule has 4 heteroatoms. The Morgan fingerprint density at radius 1 is 0.420 bits per heavy atom. The Bertz CT molecular complexity index is 2790. The van der Waals surface area contributed by atoms with Crippen molar-refractivity contribution in [3.63, 3.8) is 0 Å². The van der Waals surface area contributed by atoms with Gasteiger partial charge in [0.1, 0.15) is 0 Å². The number of rotatable bonds is 3. The molecule has 0 aliphatic heterocycles. The summed E-state index contributed by atoms with van der Waals surface area (Å²) in [5.74, 6) is 2.01. The predicted molar refractivity (Wildman–Crippen MR) is 205 cm³/mol. The third kappa shape index (κ3) is 3.71.